The van der Waals surface area contributed by atoms with E-state index in [9.17, 15) is 26.3 Å². The molecule has 5 nitrogen and oxygen atoms in total. The largest absolute Gasteiger partial charge is 0.418 e. The Morgan fingerprint density at radius 3 is 1.81 bits per heavy atom. The molecule has 0 fully saturated rings. The highest BCUT2D eigenvalue weighted by atomic mass is 19.4. The molecule has 0 heterocycles. The summed E-state index contributed by atoms with van der Waals surface area (Å²) < 4.78 is 78.1. The van der Waals surface area contributed by atoms with Crippen LogP contribution in [-0.2, 0) is 12.4 Å². The van der Waals surface area contributed by atoms with Crippen molar-refractivity contribution in [3.8, 4) is 12.1 Å². The Hall–Kier alpha value is -3.60. The van der Waals surface area contributed by atoms with Crippen molar-refractivity contribution < 1.29 is 26.3 Å². The van der Waals surface area contributed by atoms with Gasteiger partial charge in [0.1, 0.15) is 0 Å². The van der Waals surface area contributed by atoms with Crippen LogP contribution in [0.3, 0.4) is 0 Å². The molecule has 0 aliphatic heterocycles. The standard InChI is InChI=1S/C16H7F6N5/c17-15(18,19)11-5-9(7-23)1-3-13(11)25-27-26-14-4-2-10(8-24)6-12(14)16(20,21)22/h1-6H,(H,25,26). The number of alkyl halides is 6. The summed E-state index contributed by atoms with van der Waals surface area (Å²) in [5.74, 6) is 0. The molecule has 27 heavy (non-hydrogen) atoms. The topological polar surface area (TPSA) is 84.3 Å². The van der Waals surface area contributed by atoms with E-state index in [1.54, 1.807) is 12.1 Å². The molecule has 0 aliphatic carbocycles. The summed E-state index contributed by atoms with van der Waals surface area (Å²) in [6.45, 7) is 0. The second kappa shape index (κ2) is 7.33. The highest BCUT2D eigenvalue weighted by molar-refractivity contribution is 5.56. The minimum absolute atomic E-state index is 0.253. The van der Waals surface area contributed by atoms with Crippen molar-refractivity contribution in [2.24, 2.45) is 10.3 Å². The summed E-state index contributed by atoms with van der Waals surface area (Å²) >= 11 is 0. The molecule has 138 valence electrons. The number of nitrogens with one attached hydrogen (secondary N) is 1. The number of hydrogen-bond donors (Lipinski definition) is 1. The van der Waals surface area contributed by atoms with Crippen molar-refractivity contribution in [3.63, 3.8) is 0 Å². The Morgan fingerprint density at radius 2 is 1.30 bits per heavy atom. The van der Waals surface area contributed by atoms with Crippen molar-refractivity contribution >= 4 is 11.4 Å². The SMILES string of the molecule is N#Cc1ccc(N=NNc2ccc(C#N)cc2C(F)(F)F)c(C(F)(F)F)c1. The number of rotatable bonds is 3. The summed E-state index contributed by atoms with van der Waals surface area (Å²) in [7, 11) is 0. The van der Waals surface area contributed by atoms with Crippen molar-refractivity contribution in [3.05, 3.63) is 58.7 Å². The Balaban J connectivity index is 2.37. The van der Waals surface area contributed by atoms with Crippen LogP contribution in [0.4, 0.5) is 37.7 Å². The fraction of sp³-hybridized carbons (Fsp3) is 0.125. The van der Waals surface area contributed by atoms with Crippen LogP contribution in [0.5, 0.6) is 0 Å². The van der Waals surface area contributed by atoms with Crippen molar-refractivity contribution in [1.29, 1.82) is 10.5 Å². The Morgan fingerprint density at radius 1 is 0.778 bits per heavy atom. The maximum Gasteiger partial charge on any atom is 0.418 e. The van der Waals surface area contributed by atoms with Gasteiger partial charge in [0.15, 0.2) is 0 Å². The highest BCUT2D eigenvalue weighted by Gasteiger charge is 2.35. The van der Waals surface area contributed by atoms with Gasteiger partial charge in [-0.25, -0.2) is 0 Å². The highest BCUT2D eigenvalue weighted by Crippen LogP contribution is 2.38. The van der Waals surface area contributed by atoms with Gasteiger partial charge in [0.25, 0.3) is 0 Å². The van der Waals surface area contributed by atoms with Crippen LogP contribution in [0.25, 0.3) is 0 Å². The first-order valence-electron chi connectivity index (χ1n) is 6.95. The molecule has 0 aromatic heterocycles. The fourth-order valence-electron chi connectivity index (χ4n) is 2.00. The van der Waals surface area contributed by atoms with Gasteiger partial charge in [-0.1, -0.05) is 5.22 Å². The molecule has 1 N–H and O–H groups in total. The summed E-state index contributed by atoms with van der Waals surface area (Å²) in [5, 5.41) is 23.8. The Labute approximate surface area is 148 Å². The third-order valence-electron chi connectivity index (χ3n) is 3.21. The summed E-state index contributed by atoms with van der Waals surface area (Å²) in [6, 6.07) is 8.14. The van der Waals surface area contributed by atoms with Crippen molar-refractivity contribution in [1.82, 2.24) is 0 Å². The first-order valence-corrected chi connectivity index (χ1v) is 6.95. The third-order valence-corrected chi connectivity index (χ3v) is 3.21. The zero-order valence-corrected chi connectivity index (χ0v) is 13.0. The van der Waals surface area contributed by atoms with Gasteiger partial charge >= 0.3 is 12.4 Å². The van der Waals surface area contributed by atoms with Crippen molar-refractivity contribution in [2.45, 2.75) is 12.4 Å². The predicted octanol–water partition coefficient (Wildman–Crippen LogP) is 5.58. The van der Waals surface area contributed by atoms with E-state index in [0.29, 0.717) is 12.1 Å². The van der Waals surface area contributed by atoms with Crippen LogP contribution in [0.2, 0.25) is 0 Å². The average Bonchev–Trinajstić information content (AvgIpc) is 2.60. The van der Waals surface area contributed by atoms with Crippen LogP contribution in [-0.4, -0.2) is 0 Å². The number of nitrogens with zero attached hydrogens (tertiary/aromatic N) is 4. The van der Waals surface area contributed by atoms with Crippen LogP contribution < -0.4 is 5.43 Å². The molecule has 0 saturated heterocycles. The van der Waals surface area contributed by atoms with Crippen LogP contribution in [0.15, 0.2) is 46.7 Å². The molecule has 0 spiro atoms. The Bertz CT molecular complexity index is 963. The van der Waals surface area contributed by atoms with Gasteiger partial charge in [-0.2, -0.15) is 36.9 Å². The van der Waals surface area contributed by atoms with E-state index in [2.05, 4.69) is 10.3 Å². The zero-order chi connectivity index (χ0) is 20.2. The van der Waals surface area contributed by atoms with E-state index in [-0.39, 0.29) is 11.1 Å². The van der Waals surface area contributed by atoms with Gasteiger partial charge in [-0.3, -0.25) is 5.43 Å². The summed E-state index contributed by atoms with van der Waals surface area (Å²) in [5.41, 5.74) is -2.35. The molecule has 0 unspecified atom stereocenters. The number of anilines is 1. The number of hydrogen-bond acceptors (Lipinski definition) is 4. The Kier molecular flexibility index (Phi) is 5.36. The molecule has 0 atom stereocenters. The monoisotopic (exact) mass is 383 g/mol. The number of nitriles is 2. The van der Waals surface area contributed by atoms with Gasteiger partial charge in [-0.15, -0.1) is 5.11 Å². The van der Waals surface area contributed by atoms with E-state index in [1.165, 1.54) is 0 Å². The lowest BCUT2D eigenvalue weighted by molar-refractivity contribution is -0.137. The molecule has 0 radical (unpaired) electrons. The second-order valence-electron chi connectivity index (χ2n) is 5.02. The molecule has 0 saturated carbocycles. The summed E-state index contributed by atoms with van der Waals surface area (Å²) in [4.78, 5) is 0. The molecular formula is C16H7F6N5. The average molecular weight is 383 g/mol. The molecule has 2 rings (SSSR count). The first-order chi connectivity index (χ1) is 12.6. The molecule has 11 heteroatoms. The smallest absolute Gasteiger partial charge is 0.259 e. The molecular weight excluding hydrogens is 376 g/mol. The maximum atomic E-state index is 13.0. The molecule has 2 aromatic carbocycles. The molecule has 0 bridgehead atoms. The van der Waals surface area contributed by atoms with Crippen LogP contribution in [0.1, 0.15) is 22.3 Å². The summed E-state index contributed by atoms with van der Waals surface area (Å²) in [6.07, 6.45) is -9.66. The van der Waals surface area contributed by atoms with E-state index in [4.69, 9.17) is 10.5 Å². The quantitative estimate of drug-likeness (QED) is 0.427. The lowest BCUT2D eigenvalue weighted by Gasteiger charge is -2.12. The second-order valence-corrected chi connectivity index (χ2v) is 5.02. The zero-order valence-electron chi connectivity index (χ0n) is 13.0. The van der Waals surface area contributed by atoms with Gasteiger partial charge in [0.05, 0.1) is 45.8 Å². The minimum Gasteiger partial charge on any atom is -0.259 e. The number of benzene rings is 2. The maximum absolute atomic E-state index is 13.0. The minimum atomic E-state index is -4.84. The molecule has 2 aromatic rings. The van der Waals surface area contributed by atoms with E-state index in [1.807, 2.05) is 5.43 Å². The lowest BCUT2D eigenvalue weighted by Crippen LogP contribution is -2.09. The predicted molar refractivity (Wildman–Crippen MR) is 80.5 cm³/mol. The lowest BCUT2D eigenvalue weighted by atomic mass is 10.1. The van der Waals surface area contributed by atoms with Crippen LogP contribution >= 0.6 is 0 Å². The van der Waals surface area contributed by atoms with Gasteiger partial charge in [0, 0.05) is 0 Å². The van der Waals surface area contributed by atoms with Crippen molar-refractivity contribution in [2.75, 3.05) is 5.43 Å². The fourth-order valence-corrected chi connectivity index (χ4v) is 2.00. The van der Waals surface area contributed by atoms with E-state index < -0.39 is 34.9 Å². The van der Waals surface area contributed by atoms with E-state index in [0.717, 1.165) is 24.3 Å². The van der Waals surface area contributed by atoms with Crippen LogP contribution in [0, 0.1) is 22.7 Å². The molecule has 0 aliphatic rings. The number of halogens is 6. The van der Waals surface area contributed by atoms with Gasteiger partial charge in [-0.05, 0) is 36.4 Å². The normalized spacial score (nSPS) is 11.9. The van der Waals surface area contributed by atoms with E-state index >= 15 is 0 Å². The first kappa shape index (κ1) is 19.7. The van der Waals surface area contributed by atoms with Gasteiger partial charge in [0.2, 0.25) is 0 Å². The third kappa shape index (κ3) is 4.73. The van der Waals surface area contributed by atoms with Gasteiger partial charge < -0.3 is 0 Å². The molecule has 0 amide bonds.